The molecular weight excluding hydrogens is 228 g/mol. The summed E-state index contributed by atoms with van der Waals surface area (Å²) in [6.07, 6.45) is 4.54. The first kappa shape index (κ1) is 11.2. The zero-order valence-electron chi connectivity index (χ0n) is 10.4. The van der Waals surface area contributed by atoms with Gasteiger partial charge in [-0.3, -0.25) is 4.79 Å². The molecule has 0 fully saturated rings. The summed E-state index contributed by atoms with van der Waals surface area (Å²) < 4.78 is 0. The molecule has 0 bridgehead atoms. The van der Waals surface area contributed by atoms with Gasteiger partial charge in [-0.15, -0.1) is 0 Å². The number of aromatic amines is 2. The van der Waals surface area contributed by atoms with Gasteiger partial charge in [0.25, 0.3) is 5.56 Å². The summed E-state index contributed by atoms with van der Waals surface area (Å²) in [4.78, 5) is 18.9. The lowest BCUT2D eigenvalue weighted by atomic mass is 9.88. The molecule has 1 unspecified atom stereocenters. The lowest BCUT2D eigenvalue weighted by molar-refractivity contribution is 0.438. The SMILES string of the molecule is CCC1CCc2nc(-c3ccc(=O)[nH]n3)[nH]c2C1. The standard InChI is InChI=1S/C13H16N4O/c1-2-8-3-4-9-11(7-8)15-13(14-9)10-5-6-12(18)17-16-10/h5-6,8H,2-4,7H2,1H3,(H,14,15)(H,17,18). The summed E-state index contributed by atoms with van der Waals surface area (Å²) in [7, 11) is 0. The molecule has 0 saturated carbocycles. The van der Waals surface area contributed by atoms with Crippen molar-refractivity contribution in [2.45, 2.75) is 32.6 Å². The summed E-state index contributed by atoms with van der Waals surface area (Å²) in [5, 5.41) is 6.43. The topological polar surface area (TPSA) is 74.4 Å². The molecule has 0 saturated heterocycles. The van der Waals surface area contributed by atoms with Gasteiger partial charge in [0, 0.05) is 11.8 Å². The van der Waals surface area contributed by atoms with Crippen LogP contribution < -0.4 is 5.56 Å². The van der Waals surface area contributed by atoms with Gasteiger partial charge < -0.3 is 4.98 Å². The van der Waals surface area contributed by atoms with Crippen LogP contribution in [0.3, 0.4) is 0 Å². The maximum absolute atomic E-state index is 11.0. The van der Waals surface area contributed by atoms with E-state index < -0.39 is 0 Å². The monoisotopic (exact) mass is 244 g/mol. The van der Waals surface area contributed by atoms with E-state index in [4.69, 9.17) is 0 Å². The molecule has 18 heavy (non-hydrogen) atoms. The van der Waals surface area contributed by atoms with Crippen LogP contribution in [-0.2, 0) is 12.8 Å². The molecular formula is C13H16N4O. The Hall–Kier alpha value is -1.91. The normalized spacial score (nSPS) is 18.6. The molecule has 2 N–H and O–H groups in total. The van der Waals surface area contributed by atoms with E-state index in [1.165, 1.54) is 24.6 Å². The van der Waals surface area contributed by atoms with E-state index in [-0.39, 0.29) is 5.56 Å². The van der Waals surface area contributed by atoms with Crippen LogP contribution in [-0.4, -0.2) is 20.2 Å². The van der Waals surface area contributed by atoms with Crippen molar-refractivity contribution in [2.24, 2.45) is 5.92 Å². The van der Waals surface area contributed by atoms with Crippen molar-refractivity contribution in [2.75, 3.05) is 0 Å². The van der Waals surface area contributed by atoms with Gasteiger partial charge in [-0.2, -0.15) is 5.10 Å². The van der Waals surface area contributed by atoms with Crippen molar-refractivity contribution in [1.29, 1.82) is 0 Å². The van der Waals surface area contributed by atoms with Gasteiger partial charge in [0.1, 0.15) is 5.69 Å². The lowest BCUT2D eigenvalue weighted by Crippen LogP contribution is -2.12. The molecule has 3 rings (SSSR count). The Bertz CT molecular complexity index is 593. The summed E-state index contributed by atoms with van der Waals surface area (Å²) in [6.45, 7) is 2.23. The van der Waals surface area contributed by atoms with E-state index >= 15 is 0 Å². The summed E-state index contributed by atoms with van der Waals surface area (Å²) in [5.74, 6) is 1.52. The Labute approximate surface area is 105 Å². The fraction of sp³-hybridized carbons (Fsp3) is 0.462. The Balaban J connectivity index is 1.94. The van der Waals surface area contributed by atoms with Crippen LogP contribution in [0, 0.1) is 5.92 Å². The average molecular weight is 244 g/mol. The fourth-order valence-electron chi connectivity index (χ4n) is 2.50. The van der Waals surface area contributed by atoms with Crippen molar-refractivity contribution in [3.63, 3.8) is 0 Å². The highest BCUT2D eigenvalue weighted by Crippen LogP contribution is 2.27. The first-order valence-electron chi connectivity index (χ1n) is 6.40. The molecule has 2 heterocycles. The first-order chi connectivity index (χ1) is 8.76. The third kappa shape index (κ3) is 1.96. The van der Waals surface area contributed by atoms with Gasteiger partial charge in [-0.1, -0.05) is 13.3 Å². The summed E-state index contributed by atoms with van der Waals surface area (Å²) >= 11 is 0. The molecule has 0 spiro atoms. The van der Waals surface area contributed by atoms with Crippen LogP contribution in [0.5, 0.6) is 0 Å². The molecule has 5 nitrogen and oxygen atoms in total. The predicted octanol–water partition coefficient (Wildman–Crippen LogP) is 1.67. The largest absolute Gasteiger partial charge is 0.340 e. The number of imidazole rings is 1. The minimum Gasteiger partial charge on any atom is -0.340 e. The molecule has 1 atom stereocenters. The average Bonchev–Trinajstić information content (AvgIpc) is 2.82. The molecule has 94 valence electrons. The Morgan fingerprint density at radius 2 is 2.33 bits per heavy atom. The second-order valence-corrected chi connectivity index (χ2v) is 4.83. The number of nitrogens with zero attached hydrogens (tertiary/aromatic N) is 2. The highest BCUT2D eigenvalue weighted by Gasteiger charge is 2.21. The Kier molecular flexibility index (Phi) is 2.74. The quantitative estimate of drug-likeness (QED) is 0.844. The number of rotatable bonds is 2. The number of fused-ring (bicyclic) bond motifs is 1. The van der Waals surface area contributed by atoms with Crippen LogP contribution in [0.4, 0.5) is 0 Å². The van der Waals surface area contributed by atoms with Crippen LogP contribution >= 0.6 is 0 Å². The number of aryl methyl sites for hydroxylation is 1. The smallest absolute Gasteiger partial charge is 0.264 e. The molecule has 0 aliphatic heterocycles. The summed E-state index contributed by atoms with van der Waals surface area (Å²) in [6, 6.07) is 3.17. The minimum atomic E-state index is -0.193. The van der Waals surface area contributed by atoms with Gasteiger partial charge in [-0.25, -0.2) is 10.1 Å². The zero-order valence-corrected chi connectivity index (χ0v) is 10.4. The van der Waals surface area contributed by atoms with Crippen molar-refractivity contribution in [3.8, 4) is 11.5 Å². The molecule has 5 heteroatoms. The highest BCUT2D eigenvalue weighted by atomic mass is 16.1. The number of aromatic nitrogens is 4. The van der Waals surface area contributed by atoms with Crippen molar-refractivity contribution in [3.05, 3.63) is 33.9 Å². The first-order valence-corrected chi connectivity index (χ1v) is 6.40. The van der Waals surface area contributed by atoms with E-state index in [0.29, 0.717) is 5.69 Å². The van der Waals surface area contributed by atoms with Gasteiger partial charge in [0.15, 0.2) is 5.82 Å². The number of hydrogen-bond acceptors (Lipinski definition) is 3. The summed E-state index contributed by atoms with van der Waals surface area (Å²) in [5.41, 5.74) is 2.89. The number of hydrogen-bond donors (Lipinski definition) is 2. The fourth-order valence-corrected chi connectivity index (χ4v) is 2.50. The zero-order chi connectivity index (χ0) is 12.5. The van der Waals surface area contributed by atoms with E-state index in [1.807, 2.05) is 0 Å². The highest BCUT2D eigenvalue weighted by molar-refractivity contribution is 5.49. The Morgan fingerprint density at radius 3 is 3.06 bits per heavy atom. The molecule has 1 aliphatic rings. The molecule has 2 aromatic heterocycles. The molecule has 0 amide bonds. The number of nitrogens with one attached hydrogen (secondary N) is 2. The van der Waals surface area contributed by atoms with Crippen LogP contribution in [0.2, 0.25) is 0 Å². The van der Waals surface area contributed by atoms with Gasteiger partial charge in [0.2, 0.25) is 0 Å². The van der Waals surface area contributed by atoms with Crippen LogP contribution in [0.1, 0.15) is 31.2 Å². The molecule has 2 aromatic rings. The molecule has 0 radical (unpaired) electrons. The van der Waals surface area contributed by atoms with E-state index in [2.05, 4.69) is 27.1 Å². The Morgan fingerprint density at radius 1 is 1.44 bits per heavy atom. The van der Waals surface area contributed by atoms with Gasteiger partial charge in [0.05, 0.1) is 5.69 Å². The minimum absolute atomic E-state index is 0.193. The van der Waals surface area contributed by atoms with Crippen LogP contribution in [0.15, 0.2) is 16.9 Å². The molecule has 0 aromatic carbocycles. The predicted molar refractivity (Wildman–Crippen MR) is 68.2 cm³/mol. The van der Waals surface area contributed by atoms with E-state index in [0.717, 1.165) is 30.3 Å². The second-order valence-electron chi connectivity index (χ2n) is 4.83. The molecule has 1 aliphatic carbocycles. The second kappa shape index (κ2) is 4.40. The van der Waals surface area contributed by atoms with Gasteiger partial charge in [-0.05, 0) is 31.2 Å². The maximum atomic E-state index is 11.0. The van der Waals surface area contributed by atoms with E-state index in [9.17, 15) is 4.79 Å². The number of H-pyrrole nitrogens is 2. The van der Waals surface area contributed by atoms with Crippen molar-refractivity contribution >= 4 is 0 Å². The third-order valence-electron chi connectivity index (χ3n) is 3.65. The van der Waals surface area contributed by atoms with Crippen molar-refractivity contribution in [1.82, 2.24) is 20.2 Å². The van der Waals surface area contributed by atoms with E-state index in [1.54, 1.807) is 6.07 Å². The maximum Gasteiger partial charge on any atom is 0.264 e. The van der Waals surface area contributed by atoms with Gasteiger partial charge >= 0.3 is 0 Å². The lowest BCUT2D eigenvalue weighted by Gasteiger charge is -2.18. The van der Waals surface area contributed by atoms with Crippen LogP contribution in [0.25, 0.3) is 11.5 Å². The third-order valence-corrected chi connectivity index (χ3v) is 3.65. The van der Waals surface area contributed by atoms with Crippen molar-refractivity contribution < 1.29 is 0 Å².